The molecule has 0 aromatic heterocycles. The Morgan fingerprint density at radius 1 is 0.765 bits per heavy atom. The second-order valence-corrected chi connectivity index (χ2v) is 7.54. The summed E-state index contributed by atoms with van der Waals surface area (Å²) in [5.41, 5.74) is 0. The molecule has 0 amide bonds. The first-order chi connectivity index (χ1) is 16.5. The molecule has 0 spiro atoms. The van der Waals surface area contributed by atoms with Gasteiger partial charge >= 0.3 is 5.97 Å². The third kappa shape index (κ3) is 12.5. The van der Waals surface area contributed by atoms with Crippen LogP contribution in [0.1, 0.15) is 6.92 Å². The lowest BCUT2D eigenvalue weighted by Gasteiger charge is -2.18. The zero-order chi connectivity index (χ0) is 24.4. The highest BCUT2D eigenvalue weighted by molar-refractivity contribution is 5.75. The van der Waals surface area contributed by atoms with E-state index in [0.717, 1.165) is 11.5 Å². The van der Waals surface area contributed by atoms with Gasteiger partial charge in [-0.3, -0.25) is 4.79 Å². The molecule has 9 nitrogen and oxygen atoms in total. The van der Waals surface area contributed by atoms with Gasteiger partial charge in [0.2, 0.25) is 0 Å². The second-order valence-electron chi connectivity index (χ2n) is 7.54. The molecule has 2 aromatic rings. The lowest BCUT2D eigenvalue weighted by Crippen LogP contribution is -2.42. The second kappa shape index (κ2) is 16.9. The quantitative estimate of drug-likeness (QED) is 0.217. The van der Waals surface area contributed by atoms with Crippen LogP contribution in [-0.2, 0) is 19.0 Å². The monoisotopic (exact) mass is 477 g/mol. The maximum atomic E-state index is 12.0. The molecule has 0 fully saturated rings. The van der Waals surface area contributed by atoms with Gasteiger partial charge in [-0.05, 0) is 31.2 Å². The average Bonchev–Trinajstić information content (AvgIpc) is 2.86. The van der Waals surface area contributed by atoms with E-state index in [1.165, 1.54) is 0 Å². The van der Waals surface area contributed by atoms with Crippen molar-refractivity contribution in [2.24, 2.45) is 0 Å². The number of para-hydroxylation sites is 2. The normalized spacial score (nSPS) is 13.6. The minimum absolute atomic E-state index is 0.0251. The number of carbonyl (C=O) groups excluding carboxylic acids is 1. The van der Waals surface area contributed by atoms with E-state index in [0.29, 0.717) is 26.4 Å². The van der Waals surface area contributed by atoms with Gasteiger partial charge in [0.1, 0.15) is 43.5 Å². The standard InChI is InChI=1S/C25H35NO8/c1-20(26-16-21(27)17-30-12-14-32-23-8-4-2-5-9-23)25(29)34-19-22(28)18-31-13-15-33-24-10-6-3-7-11-24/h2-11,20-22,26-28H,12-19H2,1H3. The van der Waals surface area contributed by atoms with Crippen LogP contribution in [0.3, 0.4) is 0 Å². The van der Waals surface area contributed by atoms with E-state index in [9.17, 15) is 15.0 Å². The van der Waals surface area contributed by atoms with Crippen LogP contribution in [-0.4, -0.2) is 87.2 Å². The van der Waals surface area contributed by atoms with E-state index in [-0.39, 0.29) is 26.4 Å². The Labute approximate surface area is 200 Å². The van der Waals surface area contributed by atoms with Gasteiger partial charge in [-0.25, -0.2) is 0 Å². The number of nitrogens with one attached hydrogen (secondary N) is 1. The molecule has 3 N–H and O–H groups in total. The van der Waals surface area contributed by atoms with Gasteiger partial charge in [-0.1, -0.05) is 36.4 Å². The van der Waals surface area contributed by atoms with E-state index in [4.69, 9.17) is 23.7 Å². The van der Waals surface area contributed by atoms with Crippen LogP contribution in [0.25, 0.3) is 0 Å². The van der Waals surface area contributed by atoms with Crippen LogP contribution < -0.4 is 14.8 Å². The fourth-order valence-corrected chi connectivity index (χ4v) is 2.72. The van der Waals surface area contributed by atoms with E-state index in [1.54, 1.807) is 6.92 Å². The zero-order valence-corrected chi connectivity index (χ0v) is 19.5. The third-order valence-corrected chi connectivity index (χ3v) is 4.53. The number of aliphatic hydroxyl groups is 2. The van der Waals surface area contributed by atoms with Crippen LogP contribution >= 0.6 is 0 Å². The third-order valence-electron chi connectivity index (χ3n) is 4.53. The van der Waals surface area contributed by atoms with Crippen molar-refractivity contribution in [1.29, 1.82) is 0 Å². The van der Waals surface area contributed by atoms with Crippen molar-refractivity contribution in [3.8, 4) is 11.5 Å². The largest absolute Gasteiger partial charge is 0.491 e. The first-order valence-corrected chi connectivity index (χ1v) is 11.3. The molecule has 0 radical (unpaired) electrons. The number of carbonyl (C=O) groups is 1. The van der Waals surface area contributed by atoms with Crippen molar-refractivity contribution in [2.75, 3.05) is 52.8 Å². The number of aliphatic hydroxyl groups excluding tert-OH is 2. The highest BCUT2D eigenvalue weighted by Gasteiger charge is 2.17. The van der Waals surface area contributed by atoms with Gasteiger partial charge < -0.3 is 39.2 Å². The Morgan fingerprint density at radius 2 is 1.26 bits per heavy atom. The number of hydrogen-bond acceptors (Lipinski definition) is 9. The van der Waals surface area contributed by atoms with Crippen molar-refractivity contribution in [2.45, 2.75) is 25.2 Å². The van der Waals surface area contributed by atoms with Crippen molar-refractivity contribution in [1.82, 2.24) is 5.32 Å². The minimum Gasteiger partial charge on any atom is -0.491 e. The summed E-state index contributed by atoms with van der Waals surface area (Å²) < 4.78 is 26.8. The highest BCUT2D eigenvalue weighted by atomic mass is 16.6. The number of rotatable bonds is 18. The molecule has 2 rings (SSSR count). The molecule has 34 heavy (non-hydrogen) atoms. The molecule has 0 aliphatic carbocycles. The van der Waals surface area contributed by atoms with Gasteiger partial charge in [-0.2, -0.15) is 0 Å². The maximum Gasteiger partial charge on any atom is 0.322 e. The molecule has 3 unspecified atom stereocenters. The molecule has 0 aliphatic heterocycles. The Morgan fingerprint density at radius 3 is 1.79 bits per heavy atom. The lowest BCUT2D eigenvalue weighted by molar-refractivity contribution is -0.150. The average molecular weight is 478 g/mol. The van der Waals surface area contributed by atoms with Crippen molar-refractivity contribution >= 4 is 5.97 Å². The van der Waals surface area contributed by atoms with Gasteiger partial charge in [0.25, 0.3) is 0 Å². The maximum absolute atomic E-state index is 12.0. The van der Waals surface area contributed by atoms with Crippen molar-refractivity contribution < 1.29 is 38.7 Å². The number of hydrogen-bond donors (Lipinski definition) is 3. The lowest BCUT2D eigenvalue weighted by atomic mass is 10.3. The molecule has 0 heterocycles. The summed E-state index contributed by atoms with van der Waals surface area (Å²) in [5, 5.41) is 22.8. The number of benzene rings is 2. The fraction of sp³-hybridized carbons (Fsp3) is 0.480. The van der Waals surface area contributed by atoms with Crippen molar-refractivity contribution in [3.63, 3.8) is 0 Å². The number of esters is 1. The summed E-state index contributed by atoms with van der Waals surface area (Å²) in [6.07, 6.45) is -1.73. The first-order valence-electron chi connectivity index (χ1n) is 11.3. The Kier molecular flexibility index (Phi) is 13.7. The van der Waals surface area contributed by atoms with E-state index in [2.05, 4.69) is 5.32 Å². The summed E-state index contributed by atoms with van der Waals surface area (Å²) in [7, 11) is 0. The SMILES string of the molecule is CC(NCC(O)COCCOc1ccccc1)C(=O)OCC(O)COCCOc1ccccc1. The predicted octanol–water partition coefficient (Wildman–Crippen LogP) is 1.42. The fourth-order valence-electron chi connectivity index (χ4n) is 2.72. The van der Waals surface area contributed by atoms with Crippen molar-refractivity contribution in [3.05, 3.63) is 60.7 Å². The van der Waals surface area contributed by atoms with Gasteiger partial charge in [-0.15, -0.1) is 0 Å². The summed E-state index contributed by atoms with van der Waals surface area (Å²) in [6, 6.07) is 18.1. The molecule has 9 heteroatoms. The topological polar surface area (TPSA) is 116 Å². The van der Waals surface area contributed by atoms with E-state index < -0.39 is 24.2 Å². The molecular formula is C25H35NO8. The predicted molar refractivity (Wildman–Crippen MR) is 126 cm³/mol. The summed E-state index contributed by atoms with van der Waals surface area (Å²) in [4.78, 5) is 12.0. The molecule has 2 aromatic carbocycles. The van der Waals surface area contributed by atoms with Crippen LogP contribution in [0.15, 0.2) is 60.7 Å². The van der Waals surface area contributed by atoms with Crippen LogP contribution in [0.2, 0.25) is 0 Å². The molecule has 0 bridgehead atoms. The summed E-state index contributed by atoms with van der Waals surface area (Å²) >= 11 is 0. The molecular weight excluding hydrogens is 442 g/mol. The van der Waals surface area contributed by atoms with Gasteiger partial charge in [0, 0.05) is 6.54 Å². The zero-order valence-electron chi connectivity index (χ0n) is 19.5. The van der Waals surface area contributed by atoms with E-state index in [1.807, 2.05) is 60.7 Å². The summed E-state index contributed by atoms with van der Waals surface area (Å²) in [5.74, 6) is 0.973. The van der Waals surface area contributed by atoms with Gasteiger partial charge in [0.15, 0.2) is 0 Å². The molecule has 0 saturated carbocycles. The highest BCUT2D eigenvalue weighted by Crippen LogP contribution is 2.08. The van der Waals surface area contributed by atoms with Crippen LogP contribution in [0.4, 0.5) is 0 Å². The molecule has 0 saturated heterocycles. The van der Waals surface area contributed by atoms with Gasteiger partial charge in [0.05, 0.1) is 32.5 Å². The Balaban J connectivity index is 1.44. The van der Waals surface area contributed by atoms with E-state index >= 15 is 0 Å². The smallest absolute Gasteiger partial charge is 0.322 e. The summed E-state index contributed by atoms with van der Waals surface area (Å²) in [6.45, 7) is 3.09. The Bertz CT molecular complexity index is 777. The Hall–Kier alpha value is -2.69. The number of ether oxygens (including phenoxy) is 5. The van der Waals surface area contributed by atoms with Crippen LogP contribution in [0.5, 0.6) is 11.5 Å². The van der Waals surface area contributed by atoms with Crippen LogP contribution in [0, 0.1) is 0 Å². The molecule has 188 valence electrons. The first kappa shape index (κ1) is 27.6. The molecule has 0 aliphatic rings. The molecule has 3 atom stereocenters. The minimum atomic E-state index is -0.940.